The number of hydrogen-bond acceptors (Lipinski definition) is 3. The summed E-state index contributed by atoms with van der Waals surface area (Å²) < 4.78 is 0. The number of aliphatic hydroxyl groups excluding tert-OH is 1. The normalized spacial score (nSPS) is 12.6. The molecule has 1 aromatic carbocycles. The van der Waals surface area contributed by atoms with Crippen LogP contribution >= 0.6 is 0 Å². The molecule has 1 aromatic rings. The molecule has 0 heterocycles. The molecule has 0 saturated heterocycles. The first-order chi connectivity index (χ1) is 9.52. The minimum Gasteiger partial charge on any atom is -0.481 e. The van der Waals surface area contributed by atoms with Crippen molar-refractivity contribution in [2.45, 2.75) is 39.2 Å². The minimum absolute atomic E-state index is 0.220. The highest BCUT2D eigenvalue weighted by Gasteiger charge is 2.12. The number of carboxylic acids is 1. The van der Waals surface area contributed by atoms with Crippen LogP contribution in [0, 0.1) is 6.92 Å². The van der Waals surface area contributed by atoms with Crippen LogP contribution in [0.15, 0.2) is 24.3 Å². The molecule has 0 radical (unpaired) electrons. The smallest absolute Gasteiger partial charge is 0.303 e. The molecule has 0 aliphatic rings. The maximum atomic E-state index is 10.5. The Labute approximate surface area is 121 Å². The average molecular weight is 279 g/mol. The quantitative estimate of drug-likeness (QED) is 0.682. The van der Waals surface area contributed by atoms with Crippen LogP contribution in [-0.4, -0.2) is 40.7 Å². The third-order valence-corrected chi connectivity index (χ3v) is 3.46. The Hall–Kier alpha value is -1.39. The van der Waals surface area contributed by atoms with Crippen LogP contribution in [0.4, 0.5) is 0 Å². The molecule has 0 aromatic heterocycles. The van der Waals surface area contributed by atoms with Crippen molar-refractivity contribution in [2.75, 3.05) is 19.6 Å². The highest BCUT2D eigenvalue weighted by molar-refractivity contribution is 5.66. The molecule has 0 saturated carbocycles. The number of aryl methyl sites for hydroxylation is 1. The first-order valence-electron chi connectivity index (χ1n) is 7.21. The lowest BCUT2D eigenvalue weighted by Gasteiger charge is -2.23. The van der Waals surface area contributed by atoms with E-state index in [1.807, 2.05) is 31.2 Å². The summed E-state index contributed by atoms with van der Waals surface area (Å²) >= 11 is 0. The van der Waals surface area contributed by atoms with Gasteiger partial charge in [-0.25, -0.2) is 0 Å². The van der Waals surface area contributed by atoms with Gasteiger partial charge in [-0.05, 0) is 38.4 Å². The lowest BCUT2D eigenvalue weighted by molar-refractivity contribution is -0.137. The van der Waals surface area contributed by atoms with E-state index in [4.69, 9.17) is 5.11 Å². The average Bonchev–Trinajstić information content (AvgIpc) is 2.42. The molecule has 1 atom stereocenters. The first-order valence-corrected chi connectivity index (χ1v) is 7.21. The second kappa shape index (κ2) is 8.72. The lowest BCUT2D eigenvalue weighted by Crippen LogP contribution is -2.29. The number of hydrogen-bond donors (Lipinski definition) is 2. The number of unbranched alkanes of at least 4 members (excludes halogenated alkanes) is 1. The number of carbonyl (C=O) groups is 1. The van der Waals surface area contributed by atoms with Gasteiger partial charge in [0, 0.05) is 13.0 Å². The second-order valence-corrected chi connectivity index (χ2v) is 5.17. The maximum absolute atomic E-state index is 10.5. The summed E-state index contributed by atoms with van der Waals surface area (Å²) in [6, 6.07) is 7.92. The predicted molar refractivity (Wildman–Crippen MR) is 79.7 cm³/mol. The van der Waals surface area contributed by atoms with Crippen LogP contribution in [0.3, 0.4) is 0 Å². The Balaban J connectivity index is 2.38. The van der Waals surface area contributed by atoms with Crippen LogP contribution in [-0.2, 0) is 4.79 Å². The zero-order valence-electron chi connectivity index (χ0n) is 12.4. The van der Waals surface area contributed by atoms with Crippen molar-refractivity contribution in [1.82, 2.24) is 4.90 Å². The van der Waals surface area contributed by atoms with Gasteiger partial charge in [0.2, 0.25) is 0 Å². The standard InChI is InChI=1S/C16H25NO3/c1-3-17(11-5-4-6-16(19)20)12-15(18)14-9-7-13(2)8-10-14/h7-10,15,18H,3-6,11-12H2,1-2H3,(H,19,20). The van der Waals surface area contributed by atoms with Crippen molar-refractivity contribution < 1.29 is 15.0 Å². The Kier molecular flexibility index (Phi) is 7.26. The molecule has 0 aliphatic heterocycles. The van der Waals surface area contributed by atoms with Gasteiger partial charge in [-0.15, -0.1) is 0 Å². The molecule has 1 unspecified atom stereocenters. The van der Waals surface area contributed by atoms with Crippen molar-refractivity contribution in [1.29, 1.82) is 0 Å². The minimum atomic E-state index is -0.743. The summed E-state index contributed by atoms with van der Waals surface area (Å²) in [6.45, 7) is 6.35. The molecule has 0 aliphatic carbocycles. The molecule has 0 fully saturated rings. The molecule has 20 heavy (non-hydrogen) atoms. The lowest BCUT2D eigenvalue weighted by atomic mass is 10.1. The summed E-state index contributed by atoms with van der Waals surface area (Å²) in [6.07, 6.45) is 1.26. The summed E-state index contributed by atoms with van der Waals surface area (Å²) in [5.74, 6) is -0.743. The Morgan fingerprint density at radius 2 is 1.90 bits per heavy atom. The number of nitrogens with zero attached hydrogens (tertiary/aromatic N) is 1. The molecule has 1 rings (SSSR count). The number of carboxylic acid groups (broad SMARTS) is 1. The summed E-state index contributed by atoms with van der Waals surface area (Å²) in [4.78, 5) is 12.6. The van der Waals surface area contributed by atoms with Crippen molar-refractivity contribution in [3.63, 3.8) is 0 Å². The number of likely N-dealkylation sites (N-methyl/N-ethyl adjacent to an activating group) is 1. The maximum Gasteiger partial charge on any atom is 0.303 e. The highest BCUT2D eigenvalue weighted by atomic mass is 16.4. The fourth-order valence-corrected chi connectivity index (χ4v) is 2.13. The first kappa shape index (κ1) is 16.7. The zero-order chi connectivity index (χ0) is 15.0. The largest absolute Gasteiger partial charge is 0.481 e. The van der Waals surface area contributed by atoms with Crippen molar-refractivity contribution in [3.8, 4) is 0 Å². The summed E-state index contributed by atoms with van der Waals surface area (Å²) in [5, 5.41) is 18.8. The van der Waals surface area contributed by atoms with Crippen LogP contribution in [0.5, 0.6) is 0 Å². The Morgan fingerprint density at radius 3 is 2.45 bits per heavy atom. The third kappa shape index (κ3) is 6.17. The van der Waals surface area contributed by atoms with Gasteiger partial charge in [-0.2, -0.15) is 0 Å². The van der Waals surface area contributed by atoms with E-state index in [-0.39, 0.29) is 6.42 Å². The topological polar surface area (TPSA) is 60.8 Å². The van der Waals surface area contributed by atoms with Gasteiger partial charge in [-0.1, -0.05) is 36.8 Å². The molecule has 0 amide bonds. The van der Waals surface area contributed by atoms with E-state index in [0.717, 1.165) is 25.1 Å². The van der Waals surface area contributed by atoms with Crippen LogP contribution < -0.4 is 0 Å². The fraction of sp³-hybridized carbons (Fsp3) is 0.562. The van der Waals surface area contributed by atoms with Crippen LogP contribution in [0.1, 0.15) is 43.4 Å². The molecule has 4 nitrogen and oxygen atoms in total. The number of aliphatic hydroxyl groups is 1. The predicted octanol–water partition coefficient (Wildman–Crippen LogP) is 2.61. The fourth-order valence-electron chi connectivity index (χ4n) is 2.13. The molecule has 0 spiro atoms. The number of aliphatic carboxylic acids is 1. The van der Waals surface area contributed by atoms with E-state index in [1.165, 1.54) is 5.56 Å². The van der Waals surface area contributed by atoms with Gasteiger partial charge in [-0.3, -0.25) is 4.79 Å². The summed E-state index contributed by atoms with van der Waals surface area (Å²) in [5.41, 5.74) is 2.11. The molecule has 0 bridgehead atoms. The van der Waals surface area contributed by atoms with Gasteiger partial charge >= 0.3 is 5.97 Å². The van der Waals surface area contributed by atoms with Crippen LogP contribution in [0.25, 0.3) is 0 Å². The van der Waals surface area contributed by atoms with Gasteiger partial charge < -0.3 is 15.1 Å². The van der Waals surface area contributed by atoms with Crippen molar-refractivity contribution in [3.05, 3.63) is 35.4 Å². The Morgan fingerprint density at radius 1 is 1.25 bits per heavy atom. The molecular weight excluding hydrogens is 254 g/mol. The van der Waals surface area contributed by atoms with E-state index in [2.05, 4.69) is 11.8 Å². The van der Waals surface area contributed by atoms with Crippen molar-refractivity contribution >= 4 is 5.97 Å². The summed E-state index contributed by atoms with van der Waals surface area (Å²) in [7, 11) is 0. The van der Waals surface area contributed by atoms with E-state index in [1.54, 1.807) is 0 Å². The van der Waals surface area contributed by atoms with E-state index in [9.17, 15) is 9.90 Å². The van der Waals surface area contributed by atoms with Crippen LogP contribution in [0.2, 0.25) is 0 Å². The second-order valence-electron chi connectivity index (χ2n) is 5.17. The molecule has 2 N–H and O–H groups in total. The van der Waals surface area contributed by atoms with E-state index < -0.39 is 12.1 Å². The third-order valence-electron chi connectivity index (χ3n) is 3.46. The highest BCUT2D eigenvalue weighted by Crippen LogP contribution is 2.15. The Bertz CT molecular complexity index is 403. The van der Waals surface area contributed by atoms with E-state index >= 15 is 0 Å². The number of benzene rings is 1. The van der Waals surface area contributed by atoms with E-state index in [0.29, 0.717) is 13.0 Å². The van der Waals surface area contributed by atoms with Gasteiger partial charge in [0.15, 0.2) is 0 Å². The zero-order valence-corrected chi connectivity index (χ0v) is 12.4. The van der Waals surface area contributed by atoms with Crippen molar-refractivity contribution in [2.24, 2.45) is 0 Å². The SMILES string of the molecule is CCN(CCCCC(=O)O)CC(O)c1ccc(C)cc1. The molecule has 4 heteroatoms. The monoisotopic (exact) mass is 279 g/mol. The van der Waals surface area contributed by atoms with Gasteiger partial charge in [0.05, 0.1) is 6.10 Å². The van der Waals surface area contributed by atoms with Gasteiger partial charge in [0.1, 0.15) is 0 Å². The van der Waals surface area contributed by atoms with Gasteiger partial charge in [0.25, 0.3) is 0 Å². The number of rotatable bonds is 9. The molecular formula is C16H25NO3. The molecule has 112 valence electrons.